The first-order chi connectivity index (χ1) is 8.43. The van der Waals surface area contributed by atoms with Gasteiger partial charge in [0.15, 0.2) is 0 Å². The summed E-state index contributed by atoms with van der Waals surface area (Å²) in [4.78, 5) is 22.1. The van der Waals surface area contributed by atoms with Gasteiger partial charge < -0.3 is 20.1 Å². The summed E-state index contributed by atoms with van der Waals surface area (Å²) in [6.07, 6.45) is 0.972. The Balaban J connectivity index is 4.07. The van der Waals surface area contributed by atoms with Gasteiger partial charge in [0.05, 0.1) is 18.8 Å². The van der Waals surface area contributed by atoms with Crippen LogP contribution < -0.4 is 10.6 Å². The molecule has 0 spiro atoms. The van der Waals surface area contributed by atoms with Crippen molar-refractivity contribution in [2.45, 2.75) is 32.2 Å². The first-order valence-electron chi connectivity index (χ1n) is 5.99. The lowest BCUT2D eigenvalue weighted by atomic mass is 9.99. The molecule has 0 saturated carbocycles. The SMILES string of the molecule is CNC(=O)CCOCC(C)(CCOC)NC(C)=O. The number of hydrogen-bond donors (Lipinski definition) is 2. The van der Waals surface area contributed by atoms with Crippen molar-refractivity contribution in [1.82, 2.24) is 10.6 Å². The number of hydrogen-bond acceptors (Lipinski definition) is 4. The molecule has 0 aromatic rings. The van der Waals surface area contributed by atoms with Gasteiger partial charge in [-0.2, -0.15) is 0 Å². The predicted octanol–water partition coefficient (Wildman–Crippen LogP) is 0.0704. The van der Waals surface area contributed by atoms with Gasteiger partial charge in [-0.15, -0.1) is 0 Å². The zero-order valence-corrected chi connectivity index (χ0v) is 11.7. The van der Waals surface area contributed by atoms with E-state index in [-0.39, 0.29) is 11.8 Å². The molecular formula is C12H24N2O4. The van der Waals surface area contributed by atoms with Gasteiger partial charge in [-0.25, -0.2) is 0 Å². The summed E-state index contributed by atoms with van der Waals surface area (Å²) >= 11 is 0. The Morgan fingerprint density at radius 1 is 1.28 bits per heavy atom. The van der Waals surface area contributed by atoms with Gasteiger partial charge in [-0.1, -0.05) is 0 Å². The van der Waals surface area contributed by atoms with Gasteiger partial charge in [-0.05, 0) is 13.3 Å². The zero-order chi connectivity index (χ0) is 14.0. The summed E-state index contributed by atoms with van der Waals surface area (Å²) in [7, 11) is 3.20. The first-order valence-corrected chi connectivity index (χ1v) is 5.99. The molecular weight excluding hydrogens is 236 g/mol. The third-order valence-electron chi connectivity index (χ3n) is 2.51. The number of carbonyl (C=O) groups is 2. The fraction of sp³-hybridized carbons (Fsp3) is 0.833. The third kappa shape index (κ3) is 8.03. The number of amides is 2. The van der Waals surface area contributed by atoms with E-state index in [2.05, 4.69) is 10.6 Å². The van der Waals surface area contributed by atoms with Crippen LogP contribution in [-0.4, -0.2) is 51.3 Å². The average molecular weight is 260 g/mol. The quantitative estimate of drug-likeness (QED) is 0.575. The van der Waals surface area contributed by atoms with E-state index in [1.807, 2.05) is 6.92 Å². The van der Waals surface area contributed by atoms with Crippen LogP contribution in [0.4, 0.5) is 0 Å². The minimum absolute atomic E-state index is 0.0619. The standard InChI is InChI=1S/C12H24N2O4/c1-10(15)14-12(2,6-8-17-4)9-18-7-5-11(16)13-3/h5-9H2,1-4H3,(H,13,16)(H,14,15). The van der Waals surface area contributed by atoms with Gasteiger partial charge >= 0.3 is 0 Å². The van der Waals surface area contributed by atoms with Crippen LogP contribution in [0, 0.1) is 0 Å². The number of rotatable bonds is 9. The van der Waals surface area contributed by atoms with Crippen LogP contribution >= 0.6 is 0 Å². The topological polar surface area (TPSA) is 76.7 Å². The summed E-state index contributed by atoms with van der Waals surface area (Å²) in [5, 5.41) is 5.37. The molecule has 6 heteroatoms. The summed E-state index contributed by atoms with van der Waals surface area (Å²) in [5.74, 6) is -0.170. The number of nitrogens with one attached hydrogen (secondary N) is 2. The predicted molar refractivity (Wildman–Crippen MR) is 68.2 cm³/mol. The Labute approximate surface area is 108 Å². The normalized spacial score (nSPS) is 13.8. The van der Waals surface area contributed by atoms with Crippen molar-refractivity contribution in [3.05, 3.63) is 0 Å². The van der Waals surface area contributed by atoms with Crippen molar-refractivity contribution in [2.75, 3.05) is 34.0 Å². The number of carbonyl (C=O) groups excluding carboxylic acids is 2. The lowest BCUT2D eigenvalue weighted by Crippen LogP contribution is -2.49. The summed E-state index contributed by atoms with van der Waals surface area (Å²) in [6.45, 7) is 4.59. The van der Waals surface area contributed by atoms with Gasteiger partial charge in [-0.3, -0.25) is 9.59 Å². The Kier molecular flexibility index (Phi) is 8.32. The molecule has 0 aromatic heterocycles. The second kappa shape index (κ2) is 8.88. The van der Waals surface area contributed by atoms with Crippen molar-refractivity contribution in [3.63, 3.8) is 0 Å². The lowest BCUT2D eigenvalue weighted by molar-refractivity contribution is -0.124. The minimum atomic E-state index is -0.468. The highest BCUT2D eigenvalue weighted by Gasteiger charge is 2.25. The fourth-order valence-corrected chi connectivity index (χ4v) is 1.51. The molecule has 0 aliphatic carbocycles. The number of ether oxygens (including phenoxy) is 2. The van der Waals surface area contributed by atoms with E-state index >= 15 is 0 Å². The van der Waals surface area contributed by atoms with E-state index in [9.17, 15) is 9.59 Å². The van der Waals surface area contributed by atoms with E-state index in [0.717, 1.165) is 0 Å². The van der Waals surface area contributed by atoms with E-state index in [1.54, 1.807) is 14.2 Å². The summed E-state index contributed by atoms with van der Waals surface area (Å²) in [5.41, 5.74) is -0.468. The molecule has 106 valence electrons. The van der Waals surface area contributed by atoms with Crippen LogP contribution in [0.15, 0.2) is 0 Å². The molecule has 0 aliphatic heterocycles. The molecule has 2 N–H and O–H groups in total. The van der Waals surface area contributed by atoms with E-state index in [4.69, 9.17) is 9.47 Å². The van der Waals surface area contributed by atoms with Gasteiger partial charge in [0.25, 0.3) is 0 Å². The van der Waals surface area contributed by atoms with E-state index in [1.165, 1.54) is 6.92 Å². The van der Waals surface area contributed by atoms with E-state index in [0.29, 0.717) is 32.7 Å². The van der Waals surface area contributed by atoms with Crippen molar-refractivity contribution in [1.29, 1.82) is 0 Å². The van der Waals surface area contributed by atoms with Gasteiger partial charge in [0, 0.05) is 34.1 Å². The highest BCUT2D eigenvalue weighted by molar-refractivity contribution is 5.75. The second-order valence-corrected chi connectivity index (χ2v) is 4.46. The summed E-state index contributed by atoms with van der Waals surface area (Å²) in [6, 6.07) is 0. The maximum Gasteiger partial charge on any atom is 0.222 e. The van der Waals surface area contributed by atoms with Crippen LogP contribution in [0.3, 0.4) is 0 Å². The Morgan fingerprint density at radius 2 is 1.94 bits per heavy atom. The molecule has 2 amide bonds. The van der Waals surface area contributed by atoms with Crippen molar-refractivity contribution < 1.29 is 19.1 Å². The molecule has 0 fully saturated rings. The smallest absolute Gasteiger partial charge is 0.222 e. The molecule has 0 radical (unpaired) electrons. The molecule has 0 rings (SSSR count). The average Bonchev–Trinajstić information content (AvgIpc) is 2.31. The van der Waals surface area contributed by atoms with Crippen LogP contribution in [-0.2, 0) is 19.1 Å². The molecule has 1 unspecified atom stereocenters. The monoisotopic (exact) mass is 260 g/mol. The van der Waals surface area contributed by atoms with Crippen molar-refractivity contribution >= 4 is 11.8 Å². The van der Waals surface area contributed by atoms with Gasteiger partial charge in [0.1, 0.15) is 0 Å². The molecule has 6 nitrogen and oxygen atoms in total. The van der Waals surface area contributed by atoms with Crippen LogP contribution in [0.25, 0.3) is 0 Å². The molecule has 0 bridgehead atoms. The van der Waals surface area contributed by atoms with Crippen LogP contribution in [0.1, 0.15) is 26.7 Å². The van der Waals surface area contributed by atoms with Crippen LogP contribution in [0.2, 0.25) is 0 Å². The molecule has 0 heterocycles. The molecule has 18 heavy (non-hydrogen) atoms. The Bertz CT molecular complexity index is 271. The molecule has 0 aliphatic rings. The van der Waals surface area contributed by atoms with Gasteiger partial charge in [0.2, 0.25) is 11.8 Å². The van der Waals surface area contributed by atoms with Crippen molar-refractivity contribution in [2.24, 2.45) is 0 Å². The van der Waals surface area contributed by atoms with E-state index < -0.39 is 5.54 Å². The summed E-state index contributed by atoms with van der Waals surface area (Å²) < 4.78 is 10.4. The second-order valence-electron chi connectivity index (χ2n) is 4.46. The molecule has 1 atom stereocenters. The molecule has 0 aromatic carbocycles. The number of methoxy groups -OCH3 is 1. The highest BCUT2D eigenvalue weighted by atomic mass is 16.5. The first kappa shape index (κ1) is 16.9. The maximum absolute atomic E-state index is 11.1. The highest BCUT2D eigenvalue weighted by Crippen LogP contribution is 2.10. The Morgan fingerprint density at radius 3 is 2.44 bits per heavy atom. The van der Waals surface area contributed by atoms with Crippen molar-refractivity contribution in [3.8, 4) is 0 Å². The fourth-order valence-electron chi connectivity index (χ4n) is 1.51. The largest absolute Gasteiger partial charge is 0.385 e. The third-order valence-corrected chi connectivity index (χ3v) is 2.51. The minimum Gasteiger partial charge on any atom is -0.385 e. The maximum atomic E-state index is 11.1. The Hall–Kier alpha value is -1.14. The zero-order valence-electron chi connectivity index (χ0n) is 11.7. The lowest BCUT2D eigenvalue weighted by Gasteiger charge is -2.30. The van der Waals surface area contributed by atoms with Crippen LogP contribution in [0.5, 0.6) is 0 Å². The molecule has 0 saturated heterocycles.